The van der Waals surface area contributed by atoms with Crippen LogP contribution in [0.15, 0.2) is 96.2 Å². The van der Waals surface area contributed by atoms with Gasteiger partial charge in [0, 0.05) is 13.5 Å². The molecule has 0 amide bonds. The van der Waals surface area contributed by atoms with E-state index in [-0.39, 0.29) is 32.0 Å². The smallest absolute Gasteiger partial charge is 0.186 e. The molecule has 12 heteroatoms. The van der Waals surface area contributed by atoms with E-state index >= 15 is 0 Å². The standard InChI is InChI=1S/C35H43NO11/c1-42-35-31(40)29(38)30(39)32(47-35)25(36-41)17-26-28(37)34(45-20-24-15-9-4-10-16-24)33(44-19-23-13-7-3-8-14-23)27(46-26)21-43-18-22-11-5-2-6-12-22/h2-16,26-35,37-41H,17-21H2,1H3/b36-25+/t26-,27-,28+,29+,30+,31-,32-,33-,34-,35+/m1/s1. The zero-order valence-electron chi connectivity index (χ0n) is 26.1. The zero-order chi connectivity index (χ0) is 33.2. The van der Waals surface area contributed by atoms with Gasteiger partial charge >= 0.3 is 0 Å². The molecule has 0 aromatic heterocycles. The summed E-state index contributed by atoms with van der Waals surface area (Å²) in [5, 5.41) is 56.5. The Kier molecular flexibility index (Phi) is 12.8. The van der Waals surface area contributed by atoms with Gasteiger partial charge in [-0.25, -0.2) is 0 Å². The molecule has 0 radical (unpaired) electrons. The molecule has 0 saturated carbocycles. The summed E-state index contributed by atoms with van der Waals surface area (Å²) in [7, 11) is 1.27. The molecule has 0 spiro atoms. The van der Waals surface area contributed by atoms with Gasteiger partial charge in [-0.15, -0.1) is 0 Å². The molecule has 10 atom stereocenters. The number of aliphatic hydroxyl groups is 4. The number of aliphatic hydroxyl groups excluding tert-OH is 4. The minimum Gasteiger partial charge on any atom is -0.411 e. The average Bonchev–Trinajstić information content (AvgIpc) is 3.11. The molecule has 47 heavy (non-hydrogen) atoms. The molecule has 3 aromatic rings. The Morgan fingerprint density at radius 3 is 1.70 bits per heavy atom. The molecule has 2 aliphatic heterocycles. The maximum atomic E-state index is 11.8. The van der Waals surface area contributed by atoms with E-state index in [0.29, 0.717) is 6.61 Å². The Hall–Kier alpha value is -3.27. The predicted molar refractivity (Wildman–Crippen MR) is 168 cm³/mol. The summed E-state index contributed by atoms with van der Waals surface area (Å²) in [6, 6.07) is 28.8. The number of rotatable bonds is 14. The van der Waals surface area contributed by atoms with E-state index in [2.05, 4.69) is 5.16 Å². The molecule has 0 unspecified atom stereocenters. The van der Waals surface area contributed by atoms with Gasteiger partial charge in [0.25, 0.3) is 0 Å². The molecule has 2 aliphatic rings. The summed E-state index contributed by atoms with van der Waals surface area (Å²) in [6.07, 6.45) is -12.5. The fourth-order valence-corrected chi connectivity index (χ4v) is 5.84. The minimum absolute atomic E-state index is 0.0770. The SMILES string of the molecule is CO[C@H]1O[C@H](/C(C[C@H]2O[C@H](COCc3ccccc3)[C@@H](OCc3ccccc3)[C@H](OCc3ccccc3)[C@H]2O)=N/O)[C@@H](O)[C@H](O)[C@H]1O. The van der Waals surface area contributed by atoms with Crippen LogP contribution in [0.1, 0.15) is 23.1 Å². The van der Waals surface area contributed by atoms with Gasteiger partial charge in [-0.1, -0.05) is 96.2 Å². The maximum Gasteiger partial charge on any atom is 0.186 e. The van der Waals surface area contributed by atoms with Crippen LogP contribution >= 0.6 is 0 Å². The van der Waals surface area contributed by atoms with E-state index < -0.39 is 61.2 Å². The summed E-state index contributed by atoms with van der Waals surface area (Å²) < 4.78 is 36.1. The van der Waals surface area contributed by atoms with Gasteiger partial charge in [-0.2, -0.15) is 0 Å². The summed E-state index contributed by atoms with van der Waals surface area (Å²) in [4.78, 5) is 0. The summed E-state index contributed by atoms with van der Waals surface area (Å²) >= 11 is 0. The number of hydrogen-bond donors (Lipinski definition) is 5. The van der Waals surface area contributed by atoms with E-state index in [4.69, 9.17) is 28.4 Å². The van der Waals surface area contributed by atoms with Crippen molar-refractivity contribution in [3.63, 3.8) is 0 Å². The second-order valence-electron chi connectivity index (χ2n) is 11.7. The number of benzene rings is 3. The topological polar surface area (TPSA) is 169 Å². The van der Waals surface area contributed by atoms with E-state index in [0.717, 1.165) is 16.7 Å². The molecule has 2 fully saturated rings. The van der Waals surface area contributed by atoms with Crippen molar-refractivity contribution in [3.05, 3.63) is 108 Å². The summed E-state index contributed by atoms with van der Waals surface area (Å²) in [5.74, 6) is 0. The predicted octanol–water partition coefficient (Wildman–Crippen LogP) is 2.18. The Morgan fingerprint density at radius 1 is 0.638 bits per heavy atom. The fraction of sp³-hybridized carbons (Fsp3) is 0.457. The van der Waals surface area contributed by atoms with Crippen molar-refractivity contribution in [2.24, 2.45) is 5.16 Å². The van der Waals surface area contributed by atoms with Crippen LogP contribution < -0.4 is 0 Å². The minimum atomic E-state index is -1.65. The molecule has 2 heterocycles. The maximum absolute atomic E-state index is 11.8. The van der Waals surface area contributed by atoms with Crippen molar-refractivity contribution in [1.29, 1.82) is 0 Å². The lowest BCUT2D eigenvalue weighted by Gasteiger charge is -2.45. The number of hydrogen-bond acceptors (Lipinski definition) is 12. The summed E-state index contributed by atoms with van der Waals surface area (Å²) in [5.41, 5.74) is 2.63. The lowest BCUT2D eigenvalue weighted by Crippen LogP contribution is -2.63. The van der Waals surface area contributed by atoms with Crippen LogP contribution in [0.4, 0.5) is 0 Å². The third-order valence-corrected chi connectivity index (χ3v) is 8.39. The second-order valence-corrected chi connectivity index (χ2v) is 11.7. The molecule has 2 saturated heterocycles. The first-order valence-corrected chi connectivity index (χ1v) is 15.6. The van der Waals surface area contributed by atoms with Gasteiger partial charge in [-0.05, 0) is 16.7 Å². The van der Waals surface area contributed by atoms with E-state index in [1.54, 1.807) is 0 Å². The number of ether oxygens (including phenoxy) is 6. The van der Waals surface area contributed by atoms with Crippen LogP contribution in [0.2, 0.25) is 0 Å². The van der Waals surface area contributed by atoms with Gasteiger partial charge in [0.05, 0.1) is 38.2 Å². The lowest BCUT2D eigenvalue weighted by atomic mass is 9.88. The van der Waals surface area contributed by atoms with Crippen molar-refractivity contribution < 1.29 is 54.1 Å². The second kappa shape index (κ2) is 17.2. The highest BCUT2D eigenvalue weighted by Crippen LogP contribution is 2.32. The monoisotopic (exact) mass is 653 g/mol. The highest BCUT2D eigenvalue weighted by atomic mass is 16.7. The first-order valence-electron chi connectivity index (χ1n) is 15.6. The van der Waals surface area contributed by atoms with E-state index in [1.165, 1.54) is 7.11 Å². The van der Waals surface area contributed by atoms with Crippen LogP contribution in [0.25, 0.3) is 0 Å². The van der Waals surface area contributed by atoms with Gasteiger partial charge in [-0.3, -0.25) is 0 Å². The van der Waals surface area contributed by atoms with Crippen molar-refractivity contribution in [2.45, 2.75) is 87.5 Å². The Balaban J connectivity index is 1.40. The van der Waals surface area contributed by atoms with Crippen molar-refractivity contribution in [2.75, 3.05) is 13.7 Å². The molecule has 0 bridgehead atoms. The Bertz CT molecular complexity index is 1360. The van der Waals surface area contributed by atoms with E-state index in [1.807, 2.05) is 91.0 Å². The Labute approximate surface area is 273 Å². The number of methoxy groups -OCH3 is 1. The molecule has 5 rings (SSSR count). The first-order chi connectivity index (χ1) is 22.9. The van der Waals surface area contributed by atoms with Gasteiger partial charge in [0.2, 0.25) is 0 Å². The van der Waals surface area contributed by atoms with Crippen molar-refractivity contribution in [1.82, 2.24) is 0 Å². The van der Waals surface area contributed by atoms with Crippen LogP contribution in [0.3, 0.4) is 0 Å². The first kappa shape index (κ1) is 35.0. The molecule has 5 N–H and O–H groups in total. The van der Waals surface area contributed by atoms with Crippen LogP contribution in [0.5, 0.6) is 0 Å². The molecule has 12 nitrogen and oxygen atoms in total. The fourth-order valence-electron chi connectivity index (χ4n) is 5.84. The van der Waals surface area contributed by atoms with Crippen LogP contribution in [-0.2, 0) is 48.2 Å². The molecule has 0 aliphatic carbocycles. The van der Waals surface area contributed by atoms with Crippen molar-refractivity contribution >= 4 is 5.71 Å². The largest absolute Gasteiger partial charge is 0.411 e. The van der Waals surface area contributed by atoms with Crippen molar-refractivity contribution in [3.8, 4) is 0 Å². The molecular weight excluding hydrogens is 610 g/mol. The van der Waals surface area contributed by atoms with Gasteiger partial charge in [0.15, 0.2) is 6.29 Å². The average molecular weight is 654 g/mol. The zero-order valence-corrected chi connectivity index (χ0v) is 26.1. The molecular formula is C35H43NO11. The van der Waals surface area contributed by atoms with Gasteiger partial charge in [0.1, 0.15) is 48.8 Å². The molecule has 3 aromatic carbocycles. The van der Waals surface area contributed by atoms with Gasteiger partial charge < -0.3 is 54.1 Å². The highest BCUT2D eigenvalue weighted by Gasteiger charge is 2.50. The Morgan fingerprint density at radius 2 is 1.17 bits per heavy atom. The summed E-state index contributed by atoms with van der Waals surface area (Å²) in [6.45, 7) is 0.770. The number of nitrogens with zero attached hydrogens (tertiary/aromatic N) is 1. The quantitative estimate of drug-likeness (QED) is 0.0983. The highest BCUT2D eigenvalue weighted by molar-refractivity contribution is 5.89. The van der Waals surface area contributed by atoms with E-state index in [9.17, 15) is 25.6 Å². The third kappa shape index (κ3) is 9.00. The molecule has 254 valence electrons. The number of oxime groups is 1. The van der Waals surface area contributed by atoms with Crippen LogP contribution in [-0.4, -0.2) is 106 Å². The lowest BCUT2D eigenvalue weighted by molar-refractivity contribution is -0.277. The van der Waals surface area contributed by atoms with Crippen LogP contribution in [0, 0.1) is 0 Å². The normalized spacial score (nSPS) is 31.5. The third-order valence-electron chi connectivity index (χ3n) is 8.39.